The zero-order valence-corrected chi connectivity index (χ0v) is 12.6. The van der Waals surface area contributed by atoms with Gasteiger partial charge in [0.05, 0.1) is 20.3 Å². The Morgan fingerprint density at radius 2 is 1.57 bits per heavy atom. The molecular formula is C17H21NO3. The Morgan fingerprint density at radius 1 is 1.00 bits per heavy atom. The van der Waals surface area contributed by atoms with Crippen molar-refractivity contribution >= 4 is 5.69 Å². The smallest absolute Gasteiger partial charge is 0.124 e. The molecule has 21 heavy (non-hydrogen) atoms. The van der Waals surface area contributed by atoms with Crippen LogP contribution in [-0.2, 0) is 0 Å². The molecule has 1 atom stereocenters. The third kappa shape index (κ3) is 3.81. The summed E-state index contributed by atoms with van der Waals surface area (Å²) >= 11 is 0. The fraction of sp³-hybridized carbons (Fsp3) is 0.294. The van der Waals surface area contributed by atoms with Crippen LogP contribution in [0.4, 0.5) is 5.69 Å². The van der Waals surface area contributed by atoms with E-state index in [0.717, 1.165) is 29.2 Å². The molecular weight excluding hydrogens is 266 g/mol. The number of ether oxygens (including phenoxy) is 2. The largest absolute Gasteiger partial charge is 0.508 e. The molecule has 0 aliphatic carbocycles. The van der Waals surface area contributed by atoms with E-state index in [4.69, 9.17) is 9.47 Å². The van der Waals surface area contributed by atoms with Gasteiger partial charge in [-0.2, -0.15) is 0 Å². The van der Waals surface area contributed by atoms with Crippen LogP contribution in [0.2, 0.25) is 0 Å². The van der Waals surface area contributed by atoms with E-state index in [0.29, 0.717) is 0 Å². The highest BCUT2D eigenvalue weighted by atomic mass is 16.5. The van der Waals surface area contributed by atoms with Gasteiger partial charge in [-0.25, -0.2) is 0 Å². The zero-order chi connectivity index (χ0) is 15.2. The van der Waals surface area contributed by atoms with Crippen molar-refractivity contribution in [3.8, 4) is 17.2 Å². The van der Waals surface area contributed by atoms with Gasteiger partial charge in [0.25, 0.3) is 0 Å². The SMILES string of the molecule is CCC(Nc1cc(OC)cc(OC)c1)c1ccc(O)cc1. The Kier molecular flexibility index (Phi) is 4.93. The predicted octanol–water partition coefficient (Wildman–Crippen LogP) is 3.97. The first-order valence-corrected chi connectivity index (χ1v) is 6.94. The molecule has 0 aliphatic rings. The minimum absolute atomic E-state index is 0.155. The summed E-state index contributed by atoms with van der Waals surface area (Å²) in [5, 5.41) is 12.9. The summed E-state index contributed by atoms with van der Waals surface area (Å²) in [7, 11) is 3.27. The van der Waals surface area contributed by atoms with Crippen LogP contribution in [0.1, 0.15) is 24.9 Å². The van der Waals surface area contributed by atoms with Gasteiger partial charge in [-0.15, -0.1) is 0 Å². The third-order valence-electron chi connectivity index (χ3n) is 3.40. The highest BCUT2D eigenvalue weighted by Gasteiger charge is 2.10. The number of benzene rings is 2. The quantitative estimate of drug-likeness (QED) is 0.844. The van der Waals surface area contributed by atoms with E-state index in [1.807, 2.05) is 30.3 Å². The number of nitrogens with one attached hydrogen (secondary N) is 1. The van der Waals surface area contributed by atoms with Gasteiger partial charge in [-0.3, -0.25) is 0 Å². The van der Waals surface area contributed by atoms with Crippen molar-refractivity contribution in [2.45, 2.75) is 19.4 Å². The molecule has 112 valence electrons. The van der Waals surface area contributed by atoms with Gasteiger partial charge in [0.15, 0.2) is 0 Å². The predicted molar refractivity (Wildman–Crippen MR) is 84.3 cm³/mol. The van der Waals surface area contributed by atoms with Crippen molar-refractivity contribution in [2.24, 2.45) is 0 Å². The van der Waals surface area contributed by atoms with E-state index < -0.39 is 0 Å². The van der Waals surface area contributed by atoms with Crippen molar-refractivity contribution in [2.75, 3.05) is 19.5 Å². The lowest BCUT2D eigenvalue weighted by molar-refractivity contribution is 0.394. The monoisotopic (exact) mass is 287 g/mol. The first-order chi connectivity index (χ1) is 10.2. The number of rotatable bonds is 6. The number of hydrogen-bond donors (Lipinski definition) is 2. The van der Waals surface area contributed by atoms with E-state index >= 15 is 0 Å². The average molecular weight is 287 g/mol. The van der Waals surface area contributed by atoms with E-state index in [1.165, 1.54) is 0 Å². The first-order valence-electron chi connectivity index (χ1n) is 6.94. The van der Waals surface area contributed by atoms with Crippen LogP contribution in [-0.4, -0.2) is 19.3 Å². The van der Waals surface area contributed by atoms with Crippen LogP contribution in [0.15, 0.2) is 42.5 Å². The van der Waals surface area contributed by atoms with Crippen molar-refractivity contribution in [3.63, 3.8) is 0 Å². The van der Waals surface area contributed by atoms with Crippen LogP contribution < -0.4 is 14.8 Å². The molecule has 0 amide bonds. The average Bonchev–Trinajstić information content (AvgIpc) is 2.53. The summed E-state index contributed by atoms with van der Waals surface area (Å²) < 4.78 is 10.6. The van der Waals surface area contributed by atoms with E-state index in [2.05, 4.69) is 12.2 Å². The lowest BCUT2D eigenvalue weighted by Gasteiger charge is -2.20. The zero-order valence-electron chi connectivity index (χ0n) is 12.6. The second kappa shape index (κ2) is 6.88. The Labute approximate surface area is 125 Å². The molecule has 2 N–H and O–H groups in total. The van der Waals surface area contributed by atoms with Gasteiger partial charge in [0, 0.05) is 23.9 Å². The molecule has 0 radical (unpaired) electrons. The normalized spacial score (nSPS) is 11.8. The highest BCUT2D eigenvalue weighted by Crippen LogP contribution is 2.30. The molecule has 0 aromatic heterocycles. The molecule has 0 saturated carbocycles. The Balaban J connectivity index is 2.23. The third-order valence-corrected chi connectivity index (χ3v) is 3.40. The van der Waals surface area contributed by atoms with Crippen LogP contribution in [0.25, 0.3) is 0 Å². The highest BCUT2D eigenvalue weighted by molar-refractivity contribution is 5.55. The van der Waals surface area contributed by atoms with E-state index in [1.54, 1.807) is 26.4 Å². The van der Waals surface area contributed by atoms with Crippen molar-refractivity contribution in [1.29, 1.82) is 0 Å². The maximum absolute atomic E-state index is 9.38. The summed E-state index contributed by atoms with van der Waals surface area (Å²) in [6.07, 6.45) is 0.921. The maximum Gasteiger partial charge on any atom is 0.124 e. The molecule has 0 aliphatic heterocycles. The van der Waals surface area contributed by atoms with Gasteiger partial charge in [0.1, 0.15) is 17.2 Å². The lowest BCUT2D eigenvalue weighted by atomic mass is 10.0. The molecule has 0 saturated heterocycles. The van der Waals surface area contributed by atoms with Gasteiger partial charge < -0.3 is 19.9 Å². The molecule has 0 bridgehead atoms. The van der Waals surface area contributed by atoms with Gasteiger partial charge in [-0.1, -0.05) is 19.1 Å². The first kappa shape index (κ1) is 15.0. The van der Waals surface area contributed by atoms with Crippen molar-refractivity contribution in [1.82, 2.24) is 0 Å². The number of hydrogen-bond acceptors (Lipinski definition) is 4. The summed E-state index contributed by atoms with van der Waals surface area (Å²) in [5.74, 6) is 1.77. The molecule has 2 aromatic carbocycles. The number of anilines is 1. The second-order valence-corrected chi connectivity index (χ2v) is 4.80. The molecule has 2 rings (SSSR count). The van der Waals surface area contributed by atoms with Crippen LogP contribution in [0.3, 0.4) is 0 Å². The fourth-order valence-corrected chi connectivity index (χ4v) is 2.22. The molecule has 2 aromatic rings. The summed E-state index contributed by atoms with van der Waals surface area (Å²) in [5.41, 5.74) is 2.06. The topological polar surface area (TPSA) is 50.7 Å². The van der Waals surface area contributed by atoms with E-state index in [9.17, 15) is 5.11 Å². The molecule has 0 spiro atoms. The minimum atomic E-state index is 0.155. The van der Waals surface area contributed by atoms with Gasteiger partial charge in [-0.05, 0) is 24.1 Å². The molecule has 0 heterocycles. The fourth-order valence-electron chi connectivity index (χ4n) is 2.22. The number of methoxy groups -OCH3 is 2. The molecule has 1 unspecified atom stereocenters. The Bertz CT molecular complexity index is 559. The van der Waals surface area contributed by atoms with Crippen LogP contribution in [0.5, 0.6) is 17.2 Å². The minimum Gasteiger partial charge on any atom is -0.508 e. The number of phenols is 1. The molecule has 4 nitrogen and oxygen atoms in total. The van der Waals surface area contributed by atoms with Crippen LogP contribution in [0, 0.1) is 0 Å². The summed E-state index contributed by atoms with van der Waals surface area (Å²) in [6.45, 7) is 2.11. The Hall–Kier alpha value is -2.36. The lowest BCUT2D eigenvalue weighted by Crippen LogP contribution is -2.09. The van der Waals surface area contributed by atoms with Crippen molar-refractivity contribution < 1.29 is 14.6 Å². The molecule has 0 fully saturated rings. The Morgan fingerprint density at radius 3 is 2.05 bits per heavy atom. The second-order valence-electron chi connectivity index (χ2n) is 4.80. The number of aromatic hydroxyl groups is 1. The van der Waals surface area contributed by atoms with E-state index in [-0.39, 0.29) is 11.8 Å². The summed E-state index contributed by atoms with van der Waals surface area (Å²) in [4.78, 5) is 0. The van der Waals surface area contributed by atoms with Gasteiger partial charge in [0.2, 0.25) is 0 Å². The maximum atomic E-state index is 9.38. The van der Waals surface area contributed by atoms with Gasteiger partial charge >= 0.3 is 0 Å². The number of phenolic OH excluding ortho intramolecular Hbond substituents is 1. The van der Waals surface area contributed by atoms with Crippen LogP contribution >= 0.6 is 0 Å². The summed E-state index contributed by atoms with van der Waals surface area (Å²) in [6, 6.07) is 13.1. The standard InChI is InChI=1S/C17H21NO3/c1-4-17(12-5-7-14(19)8-6-12)18-13-9-15(20-2)11-16(10-13)21-3/h5-11,17-19H,4H2,1-3H3. The molecule has 4 heteroatoms. The van der Waals surface area contributed by atoms with Crippen molar-refractivity contribution in [3.05, 3.63) is 48.0 Å².